The Labute approximate surface area is 101 Å². The van der Waals surface area contributed by atoms with Gasteiger partial charge in [-0.25, -0.2) is 4.98 Å². The van der Waals surface area contributed by atoms with Crippen molar-refractivity contribution in [1.29, 1.82) is 0 Å². The standard InChI is InChI=1S/C10H12F3N3O2/c11-10(12,13)8-5-16(1-2-18-8)9-4-14-7(6-17)3-15-9/h3-4,8,17H,1-2,5-6H2/t8-/m0/s1. The predicted octanol–water partition coefficient (Wildman–Crippen LogP) is 0.736. The van der Waals surface area contributed by atoms with Crippen molar-refractivity contribution in [3.63, 3.8) is 0 Å². The molecule has 0 amide bonds. The van der Waals surface area contributed by atoms with Crippen molar-refractivity contribution in [3.05, 3.63) is 18.1 Å². The van der Waals surface area contributed by atoms with Crippen molar-refractivity contribution >= 4 is 5.82 Å². The molecule has 1 aromatic heterocycles. The smallest absolute Gasteiger partial charge is 0.390 e. The van der Waals surface area contributed by atoms with E-state index in [1.54, 1.807) is 0 Å². The number of anilines is 1. The van der Waals surface area contributed by atoms with Crippen LogP contribution in [0.25, 0.3) is 0 Å². The maximum absolute atomic E-state index is 12.5. The van der Waals surface area contributed by atoms with Crippen LogP contribution in [-0.4, -0.2) is 47.1 Å². The molecule has 0 unspecified atom stereocenters. The molecule has 0 aliphatic carbocycles. The Hall–Kier alpha value is -1.41. The molecule has 1 atom stereocenters. The minimum atomic E-state index is -4.38. The molecule has 1 aliphatic rings. The van der Waals surface area contributed by atoms with Crippen molar-refractivity contribution in [3.8, 4) is 0 Å². The fourth-order valence-electron chi connectivity index (χ4n) is 1.65. The van der Waals surface area contributed by atoms with Gasteiger partial charge in [-0.15, -0.1) is 0 Å². The van der Waals surface area contributed by atoms with Crippen molar-refractivity contribution in [2.45, 2.75) is 18.9 Å². The molecular formula is C10H12F3N3O2. The van der Waals surface area contributed by atoms with Crippen LogP contribution in [0, 0.1) is 0 Å². The molecule has 1 N–H and O–H groups in total. The number of hydrogen-bond donors (Lipinski definition) is 1. The second kappa shape index (κ2) is 5.07. The van der Waals surface area contributed by atoms with E-state index in [2.05, 4.69) is 14.7 Å². The summed E-state index contributed by atoms with van der Waals surface area (Å²) in [7, 11) is 0. The first-order valence-corrected chi connectivity index (χ1v) is 5.36. The topological polar surface area (TPSA) is 58.5 Å². The lowest BCUT2D eigenvalue weighted by Crippen LogP contribution is -2.49. The molecule has 0 aromatic carbocycles. The third kappa shape index (κ3) is 2.88. The first kappa shape index (κ1) is 13.0. The molecule has 18 heavy (non-hydrogen) atoms. The molecule has 5 nitrogen and oxygen atoms in total. The fraction of sp³-hybridized carbons (Fsp3) is 0.600. The van der Waals surface area contributed by atoms with Gasteiger partial charge in [0.15, 0.2) is 6.10 Å². The monoisotopic (exact) mass is 263 g/mol. The number of aromatic nitrogens is 2. The van der Waals surface area contributed by atoms with Crippen molar-refractivity contribution in [2.24, 2.45) is 0 Å². The van der Waals surface area contributed by atoms with Gasteiger partial charge in [-0.1, -0.05) is 0 Å². The Kier molecular flexibility index (Phi) is 3.67. The van der Waals surface area contributed by atoms with Crippen LogP contribution < -0.4 is 4.90 Å². The van der Waals surface area contributed by atoms with E-state index in [0.29, 0.717) is 18.1 Å². The van der Waals surface area contributed by atoms with E-state index < -0.39 is 12.3 Å². The number of ether oxygens (including phenoxy) is 1. The number of hydrogen-bond acceptors (Lipinski definition) is 5. The van der Waals surface area contributed by atoms with Crippen LogP contribution in [0.2, 0.25) is 0 Å². The maximum atomic E-state index is 12.5. The summed E-state index contributed by atoms with van der Waals surface area (Å²) in [4.78, 5) is 9.32. The molecule has 2 rings (SSSR count). The molecule has 2 heterocycles. The van der Waals surface area contributed by atoms with Crippen LogP contribution in [0.1, 0.15) is 5.69 Å². The maximum Gasteiger partial charge on any atom is 0.416 e. The molecule has 1 fully saturated rings. The Bertz CT molecular complexity index is 396. The van der Waals surface area contributed by atoms with Gasteiger partial charge in [-0.3, -0.25) is 4.98 Å². The number of nitrogens with zero attached hydrogens (tertiary/aromatic N) is 3. The lowest BCUT2D eigenvalue weighted by Gasteiger charge is -2.34. The molecule has 8 heteroatoms. The quantitative estimate of drug-likeness (QED) is 0.852. The number of aliphatic hydroxyl groups is 1. The lowest BCUT2D eigenvalue weighted by molar-refractivity contribution is -0.221. The Morgan fingerprint density at radius 2 is 2.17 bits per heavy atom. The van der Waals surface area contributed by atoms with E-state index in [0.717, 1.165) is 0 Å². The van der Waals surface area contributed by atoms with Crippen molar-refractivity contribution in [1.82, 2.24) is 9.97 Å². The third-order valence-corrected chi connectivity index (χ3v) is 2.61. The zero-order valence-electron chi connectivity index (χ0n) is 9.39. The summed E-state index contributed by atoms with van der Waals surface area (Å²) in [5.74, 6) is 0.352. The summed E-state index contributed by atoms with van der Waals surface area (Å²) in [5, 5.41) is 8.80. The van der Waals surface area contributed by atoms with E-state index in [1.165, 1.54) is 17.3 Å². The van der Waals surface area contributed by atoms with Gasteiger partial charge in [0.1, 0.15) is 5.82 Å². The summed E-state index contributed by atoms with van der Waals surface area (Å²) in [6, 6.07) is 0. The fourth-order valence-corrected chi connectivity index (χ4v) is 1.65. The van der Waals surface area contributed by atoms with Gasteiger partial charge >= 0.3 is 6.18 Å². The first-order chi connectivity index (χ1) is 8.50. The molecule has 0 spiro atoms. The zero-order valence-corrected chi connectivity index (χ0v) is 9.39. The zero-order chi connectivity index (χ0) is 13.2. The van der Waals surface area contributed by atoms with Gasteiger partial charge in [-0.2, -0.15) is 13.2 Å². The predicted molar refractivity (Wildman–Crippen MR) is 56.0 cm³/mol. The number of aliphatic hydroxyl groups excluding tert-OH is 1. The molecule has 0 saturated carbocycles. The molecular weight excluding hydrogens is 251 g/mol. The minimum absolute atomic E-state index is 0.00634. The van der Waals surface area contributed by atoms with Crippen LogP contribution in [0.3, 0.4) is 0 Å². The normalized spacial score (nSPS) is 21.1. The largest absolute Gasteiger partial charge is 0.416 e. The van der Waals surface area contributed by atoms with Crippen LogP contribution >= 0.6 is 0 Å². The van der Waals surface area contributed by atoms with Crippen molar-refractivity contribution < 1.29 is 23.0 Å². The van der Waals surface area contributed by atoms with E-state index in [9.17, 15) is 13.2 Å². The second-order valence-electron chi connectivity index (χ2n) is 3.87. The van der Waals surface area contributed by atoms with Gasteiger partial charge in [0, 0.05) is 6.54 Å². The van der Waals surface area contributed by atoms with Gasteiger partial charge in [0.05, 0.1) is 37.8 Å². The summed E-state index contributed by atoms with van der Waals surface area (Å²) in [6.45, 7) is -0.217. The molecule has 0 radical (unpaired) electrons. The highest BCUT2D eigenvalue weighted by atomic mass is 19.4. The SMILES string of the molecule is OCc1cnc(N2CCO[C@H](C(F)(F)F)C2)cn1. The van der Waals surface area contributed by atoms with E-state index in [-0.39, 0.29) is 19.8 Å². The minimum Gasteiger partial charge on any atom is -0.390 e. The molecule has 1 aromatic rings. The summed E-state index contributed by atoms with van der Waals surface area (Å²) in [5.41, 5.74) is 0.374. The van der Waals surface area contributed by atoms with E-state index in [4.69, 9.17) is 5.11 Å². The van der Waals surface area contributed by atoms with E-state index >= 15 is 0 Å². The first-order valence-electron chi connectivity index (χ1n) is 5.36. The Balaban J connectivity index is 2.08. The number of alkyl halides is 3. The number of rotatable bonds is 2. The molecule has 0 bridgehead atoms. The summed E-state index contributed by atoms with van der Waals surface area (Å²) in [6.07, 6.45) is -3.49. The highest BCUT2D eigenvalue weighted by molar-refractivity contribution is 5.36. The van der Waals surface area contributed by atoms with E-state index in [1.807, 2.05) is 0 Å². The summed E-state index contributed by atoms with van der Waals surface area (Å²) < 4.78 is 42.3. The third-order valence-electron chi connectivity index (χ3n) is 2.61. The van der Waals surface area contributed by atoms with Crippen molar-refractivity contribution in [2.75, 3.05) is 24.6 Å². The van der Waals surface area contributed by atoms with Gasteiger partial charge in [0.2, 0.25) is 0 Å². The Morgan fingerprint density at radius 1 is 1.39 bits per heavy atom. The number of halogens is 3. The second-order valence-corrected chi connectivity index (χ2v) is 3.87. The highest BCUT2D eigenvalue weighted by Gasteiger charge is 2.43. The van der Waals surface area contributed by atoms with Crippen LogP contribution in [0.5, 0.6) is 0 Å². The molecule has 1 saturated heterocycles. The molecule has 1 aliphatic heterocycles. The number of morpholine rings is 1. The van der Waals surface area contributed by atoms with Crippen LogP contribution in [0.15, 0.2) is 12.4 Å². The van der Waals surface area contributed by atoms with Crippen LogP contribution in [0.4, 0.5) is 19.0 Å². The average Bonchev–Trinajstić information content (AvgIpc) is 2.38. The Morgan fingerprint density at radius 3 is 2.72 bits per heavy atom. The highest BCUT2D eigenvalue weighted by Crippen LogP contribution is 2.27. The van der Waals surface area contributed by atoms with Gasteiger partial charge in [-0.05, 0) is 0 Å². The lowest BCUT2D eigenvalue weighted by atomic mass is 10.2. The average molecular weight is 263 g/mol. The van der Waals surface area contributed by atoms with Gasteiger partial charge < -0.3 is 14.7 Å². The van der Waals surface area contributed by atoms with Gasteiger partial charge in [0.25, 0.3) is 0 Å². The molecule has 100 valence electrons. The van der Waals surface area contributed by atoms with Crippen LogP contribution in [-0.2, 0) is 11.3 Å². The summed E-state index contributed by atoms with van der Waals surface area (Å²) >= 11 is 0.